The van der Waals surface area contributed by atoms with Crippen LogP contribution < -0.4 is 5.32 Å². The molecular weight excluding hydrogens is 222 g/mol. The molecule has 1 heterocycles. The monoisotopic (exact) mass is 241 g/mol. The molecule has 2 rings (SSSR count). The van der Waals surface area contributed by atoms with Crippen LogP contribution in [0.3, 0.4) is 0 Å². The van der Waals surface area contributed by atoms with Crippen LogP contribution in [0.25, 0.3) is 0 Å². The number of amides is 1. The fourth-order valence-electron chi connectivity index (χ4n) is 2.67. The number of ether oxygens (including phenoxy) is 1. The van der Waals surface area contributed by atoms with Gasteiger partial charge in [-0.05, 0) is 32.6 Å². The third-order valence-corrected chi connectivity index (χ3v) is 3.86. The van der Waals surface area contributed by atoms with Crippen molar-refractivity contribution in [3.05, 3.63) is 0 Å². The molecule has 0 radical (unpaired) electrons. The molecule has 4 atom stereocenters. The molecule has 5 nitrogen and oxygen atoms in total. The predicted octanol–water partition coefficient (Wildman–Crippen LogP) is 0.781. The normalized spacial score (nSPS) is 37.0. The van der Waals surface area contributed by atoms with Crippen molar-refractivity contribution in [3.63, 3.8) is 0 Å². The van der Waals surface area contributed by atoms with Gasteiger partial charge in [0.05, 0.1) is 18.1 Å². The molecule has 0 aromatic heterocycles. The summed E-state index contributed by atoms with van der Waals surface area (Å²) in [6.45, 7) is 2.64. The molecule has 1 saturated heterocycles. The Morgan fingerprint density at radius 1 is 1.24 bits per heavy atom. The second kappa shape index (κ2) is 5.04. The molecule has 0 aromatic rings. The van der Waals surface area contributed by atoms with Crippen LogP contribution in [0, 0.1) is 11.8 Å². The fraction of sp³-hybridized carbons (Fsp3) is 0.833. The van der Waals surface area contributed by atoms with Crippen LogP contribution in [0.5, 0.6) is 0 Å². The van der Waals surface area contributed by atoms with Crippen molar-refractivity contribution in [3.8, 4) is 0 Å². The third kappa shape index (κ3) is 2.77. The first kappa shape index (κ1) is 12.4. The summed E-state index contributed by atoms with van der Waals surface area (Å²) in [5.41, 5.74) is 0. The van der Waals surface area contributed by atoms with Crippen molar-refractivity contribution in [2.45, 2.75) is 44.8 Å². The molecule has 2 fully saturated rings. The lowest BCUT2D eigenvalue weighted by molar-refractivity contribution is -0.141. The van der Waals surface area contributed by atoms with Gasteiger partial charge < -0.3 is 15.2 Å². The zero-order valence-corrected chi connectivity index (χ0v) is 10.0. The van der Waals surface area contributed by atoms with E-state index < -0.39 is 5.97 Å². The number of hydrogen-bond acceptors (Lipinski definition) is 3. The second-order valence-corrected chi connectivity index (χ2v) is 5.02. The summed E-state index contributed by atoms with van der Waals surface area (Å²) in [5.74, 6) is -1.26. The summed E-state index contributed by atoms with van der Waals surface area (Å²) >= 11 is 0. The lowest BCUT2D eigenvalue weighted by Gasteiger charge is -2.18. The molecular formula is C12H19NO4. The molecule has 17 heavy (non-hydrogen) atoms. The maximum Gasteiger partial charge on any atom is 0.306 e. The number of carboxylic acids is 1. The number of carbonyl (C=O) groups is 2. The van der Waals surface area contributed by atoms with Crippen LogP contribution in [0.15, 0.2) is 0 Å². The summed E-state index contributed by atoms with van der Waals surface area (Å²) in [4.78, 5) is 22.8. The number of carbonyl (C=O) groups excluding carboxylic acids is 1. The van der Waals surface area contributed by atoms with Gasteiger partial charge in [0.1, 0.15) is 0 Å². The molecule has 0 spiro atoms. The van der Waals surface area contributed by atoms with E-state index in [0.717, 1.165) is 6.42 Å². The Morgan fingerprint density at radius 2 is 1.94 bits per heavy atom. The quantitative estimate of drug-likeness (QED) is 0.765. The van der Waals surface area contributed by atoms with Crippen molar-refractivity contribution in [2.75, 3.05) is 6.61 Å². The number of nitrogens with one attached hydrogen (secondary N) is 1. The highest BCUT2D eigenvalue weighted by Gasteiger charge is 2.35. The summed E-state index contributed by atoms with van der Waals surface area (Å²) in [6.07, 6.45) is 2.69. The van der Waals surface area contributed by atoms with Crippen molar-refractivity contribution < 1.29 is 19.4 Å². The van der Waals surface area contributed by atoms with Crippen LogP contribution in [-0.2, 0) is 14.3 Å². The summed E-state index contributed by atoms with van der Waals surface area (Å²) in [6, 6.07) is 0.0892. The lowest BCUT2D eigenvalue weighted by atomic mass is 10.0. The van der Waals surface area contributed by atoms with E-state index in [1.165, 1.54) is 0 Å². The number of hydrogen-bond donors (Lipinski definition) is 2. The smallest absolute Gasteiger partial charge is 0.306 e. The van der Waals surface area contributed by atoms with Crippen LogP contribution in [-0.4, -0.2) is 35.7 Å². The minimum absolute atomic E-state index is 0.00361. The number of aliphatic carboxylic acids is 1. The van der Waals surface area contributed by atoms with Crippen molar-refractivity contribution in [1.82, 2.24) is 5.32 Å². The first-order valence-electron chi connectivity index (χ1n) is 6.22. The van der Waals surface area contributed by atoms with E-state index in [1.807, 2.05) is 6.92 Å². The van der Waals surface area contributed by atoms with E-state index in [1.54, 1.807) is 0 Å². The molecule has 0 bridgehead atoms. The average Bonchev–Trinajstić information content (AvgIpc) is 2.88. The first-order chi connectivity index (χ1) is 8.08. The molecule has 96 valence electrons. The minimum atomic E-state index is -0.780. The van der Waals surface area contributed by atoms with Crippen LogP contribution in [0.4, 0.5) is 0 Å². The maximum atomic E-state index is 12.0. The molecule has 2 unspecified atom stereocenters. The van der Waals surface area contributed by atoms with Gasteiger partial charge in [-0.2, -0.15) is 0 Å². The number of rotatable bonds is 3. The van der Waals surface area contributed by atoms with Gasteiger partial charge in [0.15, 0.2) is 0 Å². The average molecular weight is 241 g/mol. The highest BCUT2D eigenvalue weighted by Crippen LogP contribution is 2.31. The van der Waals surface area contributed by atoms with Crippen LogP contribution >= 0.6 is 0 Å². The van der Waals surface area contributed by atoms with E-state index in [4.69, 9.17) is 9.84 Å². The Labute approximate surface area is 101 Å². The summed E-state index contributed by atoms with van der Waals surface area (Å²) < 4.78 is 5.38. The Bertz CT molecular complexity index is 318. The molecule has 2 aliphatic rings. The molecule has 1 saturated carbocycles. The van der Waals surface area contributed by atoms with Gasteiger partial charge in [0.25, 0.3) is 0 Å². The zero-order chi connectivity index (χ0) is 12.4. The molecule has 1 amide bonds. The molecule has 2 N–H and O–H groups in total. The highest BCUT2D eigenvalue weighted by molar-refractivity contribution is 5.81. The Balaban J connectivity index is 1.83. The lowest BCUT2D eigenvalue weighted by Crippen LogP contribution is -2.42. The van der Waals surface area contributed by atoms with E-state index >= 15 is 0 Å². The van der Waals surface area contributed by atoms with Gasteiger partial charge in [-0.25, -0.2) is 0 Å². The summed E-state index contributed by atoms with van der Waals surface area (Å²) in [7, 11) is 0. The topological polar surface area (TPSA) is 75.6 Å². The molecule has 1 aliphatic carbocycles. The standard InChI is InChI=1S/C12H19NO4/c1-7-10(4-5-17-7)13-11(14)8-2-3-9(6-8)12(15)16/h7-10H,2-6H2,1H3,(H,13,14)(H,15,16)/t7?,8-,9+,10?/m1/s1. The van der Waals surface area contributed by atoms with Gasteiger partial charge in [0, 0.05) is 12.5 Å². The van der Waals surface area contributed by atoms with Crippen molar-refractivity contribution in [1.29, 1.82) is 0 Å². The fourth-order valence-corrected chi connectivity index (χ4v) is 2.67. The predicted molar refractivity (Wildman–Crippen MR) is 60.4 cm³/mol. The van der Waals surface area contributed by atoms with E-state index in [-0.39, 0.29) is 29.9 Å². The molecule has 5 heteroatoms. The molecule has 1 aliphatic heterocycles. The van der Waals surface area contributed by atoms with Crippen molar-refractivity contribution in [2.24, 2.45) is 11.8 Å². The number of carboxylic acid groups (broad SMARTS) is 1. The summed E-state index contributed by atoms with van der Waals surface area (Å²) in [5, 5.41) is 11.9. The Morgan fingerprint density at radius 3 is 2.47 bits per heavy atom. The minimum Gasteiger partial charge on any atom is -0.481 e. The van der Waals surface area contributed by atoms with Gasteiger partial charge in [-0.1, -0.05) is 0 Å². The van der Waals surface area contributed by atoms with Gasteiger partial charge in [-0.3, -0.25) is 9.59 Å². The maximum absolute atomic E-state index is 12.0. The SMILES string of the molecule is CC1OCCC1NC(=O)[C@@H]1CC[C@H](C(=O)O)C1. The third-order valence-electron chi connectivity index (χ3n) is 3.86. The first-order valence-corrected chi connectivity index (χ1v) is 6.22. The van der Waals surface area contributed by atoms with Gasteiger partial charge >= 0.3 is 5.97 Å². The van der Waals surface area contributed by atoms with Gasteiger partial charge in [-0.15, -0.1) is 0 Å². The van der Waals surface area contributed by atoms with Gasteiger partial charge in [0.2, 0.25) is 5.91 Å². The van der Waals surface area contributed by atoms with Crippen LogP contribution in [0.1, 0.15) is 32.6 Å². The Hall–Kier alpha value is -1.10. The van der Waals surface area contributed by atoms with Crippen molar-refractivity contribution >= 4 is 11.9 Å². The zero-order valence-electron chi connectivity index (χ0n) is 10.0. The van der Waals surface area contributed by atoms with Crippen LogP contribution in [0.2, 0.25) is 0 Å². The second-order valence-electron chi connectivity index (χ2n) is 5.02. The largest absolute Gasteiger partial charge is 0.481 e. The highest BCUT2D eigenvalue weighted by atomic mass is 16.5. The van der Waals surface area contributed by atoms with E-state index in [0.29, 0.717) is 25.9 Å². The Kier molecular flexibility index (Phi) is 3.66. The van der Waals surface area contributed by atoms with E-state index in [9.17, 15) is 9.59 Å². The molecule has 0 aromatic carbocycles. The van der Waals surface area contributed by atoms with E-state index in [2.05, 4.69) is 5.32 Å².